The van der Waals surface area contributed by atoms with Crippen molar-refractivity contribution in [2.75, 3.05) is 26.6 Å². The maximum absolute atomic E-state index is 10.6. The Morgan fingerprint density at radius 2 is 1.84 bits per heavy atom. The number of hydrogen-bond acceptors (Lipinski definition) is 8. The van der Waals surface area contributed by atoms with Gasteiger partial charge in [0.15, 0.2) is 11.5 Å². The number of methoxy groups -OCH3 is 1. The number of rotatable bonds is 5. The summed E-state index contributed by atoms with van der Waals surface area (Å²) in [7, 11) is 1.43. The smallest absolute Gasteiger partial charge is 0.161 e. The third-order valence-corrected chi connectivity index (χ3v) is 6.76. The van der Waals surface area contributed by atoms with Crippen LogP contribution in [-0.4, -0.2) is 65.6 Å². The highest BCUT2D eigenvalue weighted by Gasteiger charge is 2.46. The van der Waals surface area contributed by atoms with Gasteiger partial charge in [0.1, 0.15) is 48.8 Å². The van der Waals surface area contributed by atoms with Gasteiger partial charge >= 0.3 is 0 Å². The number of ether oxygens (including phenoxy) is 4. The number of thioether (sulfide) groups is 1. The fourth-order valence-corrected chi connectivity index (χ4v) is 4.85. The molecule has 5 atom stereocenters. The normalized spacial score (nSPS) is 27.8. The second-order valence-corrected chi connectivity index (χ2v) is 8.84. The van der Waals surface area contributed by atoms with Gasteiger partial charge in [-0.25, -0.2) is 0 Å². The zero-order chi connectivity index (χ0) is 22.1. The van der Waals surface area contributed by atoms with E-state index < -0.39 is 29.9 Å². The number of aliphatic hydroxyl groups excluding tert-OH is 2. The first-order chi connectivity index (χ1) is 14.9. The minimum Gasteiger partial charge on any atom is -0.508 e. The molecule has 4 rings (SSSR count). The second kappa shape index (κ2) is 9.44. The Balaban J connectivity index is 1.66. The summed E-state index contributed by atoms with van der Waals surface area (Å²) in [4.78, 5) is 0. The summed E-state index contributed by atoms with van der Waals surface area (Å²) in [5.74, 6) is 1.34. The predicted octanol–water partition coefficient (Wildman–Crippen LogP) is 2.90. The first-order valence-corrected chi connectivity index (χ1v) is 11.6. The molecule has 7 nitrogen and oxygen atoms in total. The molecule has 2 aromatic rings. The Kier molecular flexibility index (Phi) is 6.86. The van der Waals surface area contributed by atoms with E-state index >= 15 is 0 Å². The molecule has 0 bridgehead atoms. The van der Waals surface area contributed by atoms with Crippen molar-refractivity contribution in [2.45, 2.75) is 36.3 Å². The predicted molar refractivity (Wildman–Crippen MR) is 117 cm³/mol. The molecule has 0 spiro atoms. The van der Waals surface area contributed by atoms with E-state index in [4.69, 9.17) is 30.5 Å². The van der Waals surface area contributed by atoms with Gasteiger partial charge in [-0.05, 0) is 48.1 Å². The van der Waals surface area contributed by atoms with Gasteiger partial charge < -0.3 is 34.3 Å². The van der Waals surface area contributed by atoms with Crippen LogP contribution in [0.2, 0.25) is 5.02 Å². The van der Waals surface area contributed by atoms with E-state index in [1.165, 1.54) is 24.9 Å². The third kappa shape index (κ3) is 4.46. The molecule has 0 aliphatic carbocycles. The molecular weight excluding hydrogens is 444 g/mol. The number of halogens is 1. The van der Waals surface area contributed by atoms with Crippen molar-refractivity contribution in [2.24, 2.45) is 0 Å². The highest BCUT2D eigenvalue weighted by Crippen LogP contribution is 2.42. The number of aliphatic hydroxyl groups is 2. The standard InChI is InChI=1S/C22H25ClO7S/c1-27-21-18(25)19(26)22(31-2)30-20(21)13-9-12(14(23)10-15(13)24)7-11-3-4-16-17(8-11)29-6-5-28-16/h3-4,8-10,18-22,24-26H,5-7H2,1-2H3/t18-,19-,20-,21+,22+/m0/s1. The molecule has 0 radical (unpaired) electrons. The van der Waals surface area contributed by atoms with Crippen LogP contribution in [0.3, 0.4) is 0 Å². The Hall–Kier alpha value is -1.68. The Labute approximate surface area is 189 Å². The van der Waals surface area contributed by atoms with Gasteiger partial charge in [-0.2, -0.15) is 0 Å². The quantitative estimate of drug-likeness (QED) is 0.616. The number of phenols is 1. The summed E-state index contributed by atoms with van der Waals surface area (Å²) in [5.41, 5.74) is 1.51. The van der Waals surface area contributed by atoms with Gasteiger partial charge in [0, 0.05) is 17.7 Å². The van der Waals surface area contributed by atoms with E-state index in [9.17, 15) is 15.3 Å². The maximum atomic E-state index is 10.6. The Morgan fingerprint density at radius 3 is 2.55 bits per heavy atom. The van der Waals surface area contributed by atoms with Crippen molar-refractivity contribution in [1.82, 2.24) is 0 Å². The topological polar surface area (TPSA) is 97.6 Å². The highest BCUT2D eigenvalue weighted by atomic mass is 35.5. The van der Waals surface area contributed by atoms with Crippen molar-refractivity contribution in [3.05, 3.63) is 52.0 Å². The van der Waals surface area contributed by atoms with Crippen molar-refractivity contribution in [3.8, 4) is 17.2 Å². The summed E-state index contributed by atoms with van der Waals surface area (Å²) < 4.78 is 22.6. The Bertz CT molecular complexity index is 940. The van der Waals surface area contributed by atoms with E-state index in [2.05, 4.69) is 0 Å². The minimum absolute atomic E-state index is 0.0635. The number of aromatic hydroxyl groups is 1. The molecule has 3 N–H and O–H groups in total. The average molecular weight is 469 g/mol. The number of phenolic OH excluding ortho intramolecular Hbond substituents is 1. The van der Waals surface area contributed by atoms with E-state index in [0.29, 0.717) is 41.7 Å². The van der Waals surface area contributed by atoms with Gasteiger partial charge in [-0.3, -0.25) is 0 Å². The Morgan fingerprint density at radius 1 is 1.10 bits per heavy atom. The van der Waals surface area contributed by atoms with E-state index in [0.717, 1.165) is 11.1 Å². The molecule has 2 aliphatic heterocycles. The zero-order valence-corrected chi connectivity index (χ0v) is 18.7. The summed E-state index contributed by atoms with van der Waals surface area (Å²) in [6, 6.07) is 8.94. The lowest BCUT2D eigenvalue weighted by Crippen LogP contribution is -2.53. The van der Waals surface area contributed by atoms with E-state index in [-0.39, 0.29) is 5.75 Å². The molecular formula is C22H25ClO7S. The van der Waals surface area contributed by atoms with Gasteiger partial charge in [0.2, 0.25) is 0 Å². The molecule has 1 saturated heterocycles. The lowest BCUT2D eigenvalue weighted by atomic mass is 9.91. The summed E-state index contributed by atoms with van der Waals surface area (Å²) in [6.07, 6.45) is -1.64. The molecule has 2 heterocycles. The monoisotopic (exact) mass is 468 g/mol. The van der Waals surface area contributed by atoms with Crippen LogP contribution in [0.1, 0.15) is 22.8 Å². The SMILES string of the molecule is CO[C@@H]1[C@@H](O)[C@H](O)[C@@H](SC)O[C@H]1c1cc(Cc2ccc3c(c2)OCCO3)c(Cl)cc1O. The molecule has 168 valence electrons. The van der Waals surface area contributed by atoms with Crippen LogP contribution in [-0.2, 0) is 15.9 Å². The minimum atomic E-state index is -1.17. The second-order valence-electron chi connectivity index (χ2n) is 7.50. The molecule has 2 aliphatic rings. The van der Waals surface area contributed by atoms with Gasteiger partial charge in [-0.1, -0.05) is 17.7 Å². The van der Waals surface area contributed by atoms with Crippen LogP contribution in [0.5, 0.6) is 17.2 Å². The number of benzene rings is 2. The number of fused-ring (bicyclic) bond motifs is 1. The fraction of sp³-hybridized carbons (Fsp3) is 0.455. The first-order valence-electron chi connectivity index (χ1n) is 9.90. The molecule has 0 aromatic heterocycles. The fourth-order valence-electron chi connectivity index (χ4n) is 3.95. The van der Waals surface area contributed by atoms with Crippen LogP contribution >= 0.6 is 23.4 Å². The average Bonchev–Trinajstić information content (AvgIpc) is 2.77. The van der Waals surface area contributed by atoms with Crippen LogP contribution in [0, 0.1) is 0 Å². The van der Waals surface area contributed by atoms with E-state index in [1.54, 1.807) is 12.3 Å². The van der Waals surface area contributed by atoms with Gasteiger partial charge in [0.05, 0.1) is 0 Å². The summed E-state index contributed by atoms with van der Waals surface area (Å²) in [5, 5.41) is 31.8. The lowest BCUT2D eigenvalue weighted by Gasteiger charge is -2.42. The molecule has 2 aromatic carbocycles. The molecule has 0 amide bonds. The first kappa shape index (κ1) is 22.5. The van der Waals surface area contributed by atoms with Crippen LogP contribution in [0.4, 0.5) is 0 Å². The molecule has 9 heteroatoms. The molecule has 0 unspecified atom stereocenters. The van der Waals surface area contributed by atoms with Crippen molar-refractivity contribution >= 4 is 23.4 Å². The van der Waals surface area contributed by atoms with Crippen LogP contribution < -0.4 is 9.47 Å². The summed E-state index contributed by atoms with van der Waals surface area (Å²) in [6.45, 7) is 1.03. The van der Waals surface area contributed by atoms with Crippen molar-refractivity contribution in [3.63, 3.8) is 0 Å². The van der Waals surface area contributed by atoms with Crippen LogP contribution in [0.25, 0.3) is 0 Å². The van der Waals surface area contributed by atoms with Gasteiger partial charge in [0.25, 0.3) is 0 Å². The molecule has 1 fully saturated rings. The molecule has 0 saturated carbocycles. The van der Waals surface area contributed by atoms with Crippen molar-refractivity contribution < 1.29 is 34.3 Å². The lowest BCUT2D eigenvalue weighted by molar-refractivity contribution is -0.209. The van der Waals surface area contributed by atoms with E-state index in [1.807, 2.05) is 18.2 Å². The van der Waals surface area contributed by atoms with Gasteiger partial charge in [-0.15, -0.1) is 11.8 Å². The molecule has 31 heavy (non-hydrogen) atoms. The summed E-state index contributed by atoms with van der Waals surface area (Å²) >= 11 is 7.71. The third-order valence-electron chi connectivity index (χ3n) is 5.55. The largest absolute Gasteiger partial charge is 0.508 e. The highest BCUT2D eigenvalue weighted by molar-refractivity contribution is 7.99. The van der Waals surface area contributed by atoms with Crippen LogP contribution in [0.15, 0.2) is 30.3 Å². The maximum Gasteiger partial charge on any atom is 0.161 e. The van der Waals surface area contributed by atoms with Crippen molar-refractivity contribution in [1.29, 1.82) is 0 Å². The number of hydrogen-bond donors (Lipinski definition) is 3. The zero-order valence-electron chi connectivity index (χ0n) is 17.2.